The van der Waals surface area contributed by atoms with Crippen LogP contribution in [0.3, 0.4) is 0 Å². The number of benzene rings is 1. The Morgan fingerprint density at radius 3 is 2.61 bits per heavy atom. The van der Waals surface area contributed by atoms with E-state index in [2.05, 4.69) is 4.98 Å². The number of nitrogens with one attached hydrogen (secondary N) is 1. The Kier molecular flexibility index (Phi) is 2.59. The van der Waals surface area contributed by atoms with E-state index in [-0.39, 0.29) is 5.06 Å². The molecule has 0 radical (unpaired) electrons. The average molecular weight is 239 g/mol. The van der Waals surface area contributed by atoms with E-state index in [1.54, 1.807) is 24.5 Å². The molecule has 1 atom stereocenters. The van der Waals surface area contributed by atoms with Crippen LogP contribution in [0.25, 0.3) is 10.9 Å². The first-order chi connectivity index (χ1) is 8.75. The predicted octanol–water partition coefficient (Wildman–Crippen LogP) is 1.92. The highest BCUT2D eigenvalue weighted by atomic mass is 16.5. The van der Waals surface area contributed by atoms with Gasteiger partial charge in [-0.1, -0.05) is 0 Å². The SMILES string of the molecule is Cn1ccc2cc([NH+]([O-])c3ccncc3)ccc21. The first-order valence-electron chi connectivity index (χ1n) is 5.75. The van der Waals surface area contributed by atoms with Crippen molar-refractivity contribution in [2.45, 2.75) is 0 Å². The summed E-state index contributed by atoms with van der Waals surface area (Å²) in [5.74, 6) is 0. The van der Waals surface area contributed by atoms with Gasteiger partial charge in [0, 0.05) is 60.8 Å². The largest absolute Gasteiger partial charge is 0.623 e. The smallest absolute Gasteiger partial charge is 0.139 e. The molecule has 2 aromatic heterocycles. The molecule has 90 valence electrons. The van der Waals surface area contributed by atoms with Crippen molar-refractivity contribution in [1.29, 1.82) is 0 Å². The molecule has 1 N–H and O–H groups in total. The third kappa shape index (κ3) is 1.77. The molecule has 0 saturated carbocycles. The maximum Gasteiger partial charge on any atom is 0.139 e. The number of hydrogen-bond acceptors (Lipinski definition) is 2. The number of aryl methyl sites for hydroxylation is 1. The lowest BCUT2D eigenvalue weighted by atomic mass is 10.2. The highest BCUT2D eigenvalue weighted by molar-refractivity contribution is 5.82. The van der Waals surface area contributed by atoms with Crippen LogP contribution in [0.15, 0.2) is 55.0 Å². The minimum Gasteiger partial charge on any atom is -0.623 e. The van der Waals surface area contributed by atoms with E-state index in [0.29, 0.717) is 11.4 Å². The molecule has 0 bridgehead atoms. The first kappa shape index (κ1) is 11.0. The normalized spacial score (nSPS) is 12.8. The van der Waals surface area contributed by atoms with Gasteiger partial charge in [-0.3, -0.25) is 4.98 Å². The molecule has 0 amide bonds. The number of aromatic nitrogens is 2. The van der Waals surface area contributed by atoms with Gasteiger partial charge in [0.15, 0.2) is 0 Å². The average Bonchev–Trinajstić information content (AvgIpc) is 2.80. The van der Waals surface area contributed by atoms with Crippen LogP contribution < -0.4 is 5.06 Å². The van der Waals surface area contributed by atoms with Crippen molar-refractivity contribution in [3.8, 4) is 0 Å². The Bertz CT molecular complexity index is 676. The molecule has 0 spiro atoms. The van der Waals surface area contributed by atoms with Gasteiger partial charge in [0.25, 0.3) is 0 Å². The van der Waals surface area contributed by atoms with Crippen molar-refractivity contribution >= 4 is 22.3 Å². The predicted molar refractivity (Wildman–Crippen MR) is 70.8 cm³/mol. The van der Waals surface area contributed by atoms with Gasteiger partial charge >= 0.3 is 0 Å². The van der Waals surface area contributed by atoms with Crippen molar-refractivity contribution in [1.82, 2.24) is 9.55 Å². The van der Waals surface area contributed by atoms with Crippen LogP contribution in [-0.2, 0) is 7.05 Å². The fourth-order valence-electron chi connectivity index (χ4n) is 2.09. The van der Waals surface area contributed by atoms with Gasteiger partial charge in [-0.25, -0.2) is 0 Å². The molecular weight excluding hydrogens is 226 g/mol. The molecule has 3 rings (SSSR count). The molecule has 4 nitrogen and oxygen atoms in total. The summed E-state index contributed by atoms with van der Waals surface area (Å²) in [5.41, 5.74) is 2.50. The summed E-state index contributed by atoms with van der Waals surface area (Å²) in [5, 5.41) is 13.4. The lowest BCUT2D eigenvalue weighted by Crippen LogP contribution is -2.96. The monoisotopic (exact) mass is 239 g/mol. The molecule has 1 unspecified atom stereocenters. The van der Waals surface area contributed by atoms with Gasteiger partial charge < -0.3 is 14.8 Å². The van der Waals surface area contributed by atoms with Gasteiger partial charge in [0.1, 0.15) is 11.4 Å². The summed E-state index contributed by atoms with van der Waals surface area (Å²) in [4.78, 5) is 3.92. The number of hydrogen-bond donors (Lipinski definition) is 1. The molecule has 0 saturated heterocycles. The van der Waals surface area contributed by atoms with Crippen LogP contribution in [0, 0.1) is 5.21 Å². The zero-order valence-electron chi connectivity index (χ0n) is 10.00. The maximum absolute atomic E-state index is 12.3. The Balaban J connectivity index is 2.04. The van der Waals surface area contributed by atoms with Crippen molar-refractivity contribution in [2.24, 2.45) is 7.05 Å². The summed E-state index contributed by atoms with van der Waals surface area (Å²) in [6.07, 6.45) is 5.26. The Morgan fingerprint density at radius 2 is 1.83 bits per heavy atom. The van der Waals surface area contributed by atoms with Gasteiger partial charge in [0.05, 0.1) is 0 Å². The fourth-order valence-corrected chi connectivity index (χ4v) is 2.09. The topological polar surface area (TPSA) is 45.3 Å². The van der Waals surface area contributed by atoms with Crippen molar-refractivity contribution in [3.63, 3.8) is 0 Å². The van der Waals surface area contributed by atoms with E-state index in [4.69, 9.17) is 0 Å². The van der Waals surface area contributed by atoms with Gasteiger partial charge in [-0.05, 0) is 12.1 Å². The third-order valence-electron chi connectivity index (χ3n) is 3.09. The highest BCUT2D eigenvalue weighted by Gasteiger charge is 2.08. The molecule has 3 aromatic rings. The van der Waals surface area contributed by atoms with Crippen LogP contribution in [0.5, 0.6) is 0 Å². The first-order valence-corrected chi connectivity index (χ1v) is 5.75. The lowest BCUT2D eigenvalue weighted by molar-refractivity contribution is -0.698. The summed E-state index contributed by atoms with van der Waals surface area (Å²) >= 11 is 0. The molecule has 18 heavy (non-hydrogen) atoms. The summed E-state index contributed by atoms with van der Waals surface area (Å²) < 4.78 is 2.04. The molecule has 1 aromatic carbocycles. The molecule has 4 heteroatoms. The van der Waals surface area contributed by atoms with Crippen LogP contribution in [0.1, 0.15) is 0 Å². The summed E-state index contributed by atoms with van der Waals surface area (Å²) in [6, 6.07) is 11.3. The molecular formula is C14H13N3O. The quantitative estimate of drug-likeness (QED) is 0.694. The van der Waals surface area contributed by atoms with Crippen molar-refractivity contribution in [3.05, 3.63) is 60.2 Å². The zero-order chi connectivity index (χ0) is 12.5. The van der Waals surface area contributed by atoms with Crippen LogP contribution >= 0.6 is 0 Å². The number of pyridine rings is 1. The molecule has 2 heterocycles. The Hall–Kier alpha value is -2.17. The van der Waals surface area contributed by atoms with E-state index in [0.717, 1.165) is 10.9 Å². The van der Waals surface area contributed by atoms with Crippen LogP contribution in [0.4, 0.5) is 11.4 Å². The molecule has 0 aliphatic heterocycles. The third-order valence-corrected chi connectivity index (χ3v) is 3.09. The van der Waals surface area contributed by atoms with E-state index < -0.39 is 0 Å². The number of quaternary nitrogens is 1. The van der Waals surface area contributed by atoms with E-state index in [9.17, 15) is 5.21 Å². The van der Waals surface area contributed by atoms with Crippen LogP contribution in [-0.4, -0.2) is 9.55 Å². The minimum atomic E-state index is 0.0307. The van der Waals surface area contributed by atoms with Crippen molar-refractivity contribution < 1.29 is 5.06 Å². The lowest BCUT2D eigenvalue weighted by Gasteiger charge is -2.21. The minimum absolute atomic E-state index is 0.0307. The second-order valence-corrected chi connectivity index (χ2v) is 4.27. The molecule has 0 aliphatic carbocycles. The van der Waals surface area contributed by atoms with Gasteiger partial charge in [-0.15, -0.1) is 0 Å². The maximum atomic E-state index is 12.3. The highest BCUT2D eigenvalue weighted by Crippen LogP contribution is 2.18. The Morgan fingerprint density at radius 1 is 1.06 bits per heavy atom. The standard InChI is InChI=1S/C14H13N3O/c1-16-9-6-11-10-13(2-3-14(11)16)17(18)12-4-7-15-8-5-12/h2-10,17H,1H3. The zero-order valence-corrected chi connectivity index (χ0v) is 10.00. The number of rotatable bonds is 2. The van der Waals surface area contributed by atoms with Crippen molar-refractivity contribution in [2.75, 3.05) is 0 Å². The summed E-state index contributed by atoms with van der Waals surface area (Å²) in [7, 11) is 1.99. The molecule has 0 fully saturated rings. The fraction of sp³-hybridized carbons (Fsp3) is 0.0714. The second-order valence-electron chi connectivity index (χ2n) is 4.27. The number of nitrogens with zero attached hydrogens (tertiary/aromatic N) is 2. The van der Waals surface area contributed by atoms with E-state index >= 15 is 0 Å². The summed E-state index contributed by atoms with van der Waals surface area (Å²) in [6.45, 7) is 0. The van der Waals surface area contributed by atoms with E-state index in [1.807, 2.05) is 42.1 Å². The second kappa shape index (κ2) is 4.25. The van der Waals surface area contributed by atoms with Gasteiger partial charge in [-0.2, -0.15) is 0 Å². The molecule has 0 aliphatic rings. The number of fused-ring (bicyclic) bond motifs is 1. The van der Waals surface area contributed by atoms with Crippen LogP contribution in [0.2, 0.25) is 0 Å². The van der Waals surface area contributed by atoms with E-state index in [1.165, 1.54) is 0 Å². The van der Waals surface area contributed by atoms with Gasteiger partial charge in [0.2, 0.25) is 0 Å². The Labute approximate surface area is 105 Å².